The molecule has 2 aromatic rings. The minimum absolute atomic E-state index is 0.0136. The van der Waals surface area contributed by atoms with Crippen LogP contribution < -0.4 is 0 Å². The topological polar surface area (TPSA) is 29.5 Å². The summed E-state index contributed by atoms with van der Waals surface area (Å²) >= 11 is 0. The second kappa shape index (κ2) is 6.02. The number of esters is 1. The summed E-state index contributed by atoms with van der Waals surface area (Å²) in [5.74, 6) is -0.692. The molecule has 0 radical (unpaired) electrons. The lowest BCUT2D eigenvalue weighted by Crippen LogP contribution is -2.35. The summed E-state index contributed by atoms with van der Waals surface area (Å²) in [5.41, 5.74) is 1.80. The molecule has 2 aromatic carbocycles. The van der Waals surface area contributed by atoms with Gasteiger partial charge in [-0.2, -0.15) is 0 Å². The smallest absolute Gasteiger partial charge is 0.338 e. The monoisotopic (exact) mass is 297 g/mol. The Morgan fingerprint density at radius 2 is 1.77 bits per heavy atom. The maximum atomic E-state index is 13.1. The normalized spacial score (nSPS) is 18.9. The van der Waals surface area contributed by atoms with E-state index >= 15 is 0 Å². The predicted octanol–water partition coefficient (Wildman–Crippen LogP) is 3.96. The van der Waals surface area contributed by atoms with E-state index in [0.29, 0.717) is 5.56 Å². The van der Waals surface area contributed by atoms with E-state index in [2.05, 4.69) is 0 Å². The standard InChI is InChI=1S/C18H16FNO2/c1-13(14-5-3-2-4-6-14)20-11-12-22-18(21)17(20)15-7-9-16(19)10-8-15/h2-13,17H,1H3/t13-,17-/m0/s1. The molecular formula is C18H16FNO2. The number of rotatable bonds is 3. The third kappa shape index (κ3) is 2.72. The lowest BCUT2D eigenvalue weighted by Gasteiger charge is -2.36. The summed E-state index contributed by atoms with van der Waals surface area (Å²) in [5, 5.41) is 0. The van der Waals surface area contributed by atoms with E-state index in [1.54, 1.807) is 18.3 Å². The number of benzene rings is 2. The van der Waals surface area contributed by atoms with Gasteiger partial charge in [0.25, 0.3) is 0 Å². The van der Waals surface area contributed by atoms with E-state index < -0.39 is 6.04 Å². The van der Waals surface area contributed by atoms with Crippen molar-refractivity contribution in [2.75, 3.05) is 0 Å². The third-order valence-corrected chi connectivity index (χ3v) is 3.85. The number of halogens is 1. The number of hydrogen-bond donors (Lipinski definition) is 0. The molecule has 0 saturated carbocycles. The molecule has 3 nitrogen and oxygen atoms in total. The molecule has 112 valence electrons. The van der Waals surface area contributed by atoms with Crippen LogP contribution in [0.1, 0.15) is 30.1 Å². The molecular weight excluding hydrogens is 281 g/mol. The molecule has 22 heavy (non-hydrogen) atoms. The zero-order chi connectivity index (χ0) is 15.5. The van der Waals surface area contributed by atoms with Gasteiger partial charge in [0.2, 0.25) is 0 Å². The lowest BCUT2D eigenvalue weighted by molar-refractivity contribution is -0.146. The van der Waals surface area contributed by atoms with Crippen LogP contribution in [0.15, 0.2) is 67.1 Å². The molecule has 0 N–H and O–H groups in total. The summed E-state index contributed by atoms with van der Waals surface area (Å²) in [7, 11) is 0. The number of ether oxygens (including phenoxy) is 1. The number of carbonyl (C=O) groups excluding carboxylic acids is 1. The van der Waals surface area contributed by atoms with Gasteiger partial charge in [-0.25, -0.2) is 9.18 Å². The largest absolute Gasteiger partial charge is 0.431 e. The van der Waals surface area contributed by atoms with Crippen molar-refractivity contribution in [3.05, 3.63) is 84.0 Å². The summed E-state index contributed by atoms with van der Waals surface area (Å²) in [6.45, 7) is 2.02. The SMILES string of the molecule is C[C@@H](c1ccccc1)N1C=COC(=O)[C@@H]1c1ccc(F)cc1. The maximum Gasteiger partial charge on any atom is 0.338 e. The highest BCUT2D eigenvalue weighted by Crippen LogP contribution is 2.34. The highest BCUT2D eigenvalue weighted by molar-refractivity contribution is 5.79. The van der Waals surface area contributed by atoms with Crippen LogP contribution in [0, 0.1) is 5.82 Å². The van der Waals surface area contributed by atoms with Crippen LogP contribution in [0.25, 0.3) is 0 Å². The second-order valence-corrected chi connectivity index (χ2v) is 5.21. The molecule has 0 amide bonds. The molecule has 4 heteroatoms. The van der Waals surface area contributed by atoms with Gasteiger partial charge in [0.05, 0.1) is 6.04 Å². The third-order valence-electron chi connectivity index (χ3n) is 3.85. The average Bonchev–Trinajstić information content (AvgIpc) is 2.56. The lowest BCUT2D eigenvalue weighted by atomic mass is 10.00. The van der Waals surface area contributed by atoms with Crippen molar-refractivity contribution in [3.8, 4) is 0 Å². The Kier molecular flexibility index (Phi) is 3.92. The summed E-state index contributed by atoms with van der Waals surface area (Å²) in [6, 6.07) is 15.2. The Hall–Kier alpha value is -2.62. The van der Waals surface area contributed by atoms with Crippen LogP contribution in [0.5, 0.6) is 0 Å². The fraction of sp³-hybridized carbons (Fsp3) is 0.167. The Labute approximate surface area is 128 Å². The van der Waals surface area contributed by atoms with Gasteiger partial charge in [-0.15, -0.1) is 0 Å². The molecule has 0 aromatic heterocycles. The Morgan fingerprint density at radius 1 is 1.09 bits per heavy atom. The summed E-state index contributed by atoms with van der Waals surface area (Å²) in [4.78, 5) is 14.1. The predicted molar refractivity (Wildman–Crippen MR) is 81.1 cm³/mol. The quantitative estimate of drug-likeness (QED) is 0.803. The number of hydrogen-bond acceptors (Lipinski definition) is 3. The molecule has 2 atom stereocenters. The van der Waals surface area contributed by atoms with Crippen molar-refractivity contribution in [3.63, 3.8) is 0 Å². The van der Waals surface area contributed by atoms with Crippen LogP contribution in [0.2, 0.25) is 0 Å². The first-order valence-corrected chi connectivity index (χ1v) is 7.12. The zero-order valence-electron chi connectivity index (χ0n) is 12.1. The molecule has 0 fully saturated rings. The van der Waals surface area contributed by atoms with Gasteiger partial charge in [-0.3, -0.25) is 0 Å². The van der Waals surface area contributed by atoms with Crippen molar-refractivity contribution in [1.29, 1.82) is 0 Å². The molecule has 0 spiro atoms. The fourth-order valence-electron chi connectivity index (χ4n) is 2.65. The van der Waals surface area contributed by atoms with Crippen LogP contribution in [-0.4, -0.2) is 10.9 Å². The molecule has 0 unspecified atom stereocenters. The van der Waals surface area contributed by atoms with Gasteiger partial charge in [0.15, 0.2) is 6.04 Å². The summed E-state index contributed by atoms with van der Waals surface area (Å²) in [6.07, 6.45) is 3.15. The van der Waals surface area contributed by atoms with Crippen molar-refractivity contribution in [2.24, 2.45) is 0 Å². The Bertz CT molecular complexity index is 682. The molecule has 0 aliphatic carbocycles. The molecule has 1 aliphatic rings. The van der Waals surface area contributed by atoms with Crippen molar-refractivity contribution in [2.45, 2.75) is 19.0 Å². The molecule has 1 heterocycles. The maximum absolute atomic E-state index is 13.1. The van der Waals surface area contributed by atoms with Gasteiger partial charge >= 0.3 is 5.97 Å². The van der Waals surface area contributed by atoms with Gasteiger partial charge in [0.1, 0.15) is 12.1 Å². The molecule has 0 saturated heterocycles. The first-order valence-electron chi connectivity index (χ1n) is 7.12. The van der Waals surface area contributed by atoms with E-state index in [0.717, 1.165) is 5.56 Å². The van der Waals surface area contributed by atoms with Gasteiger partial charge in [0, 0.05) is 6.20 Å². The Morgan fingerprint density at radius 3 is 2.45 bits per heavy atom. The van der Waals surface area contributed by atoms with E-state index in [1.807, 2.05) is 42.2 Å². The first kappa shape index (κ1) is 14.3. The molecule has 1 aliphatic heterocycles. The van der Waals surface area contributed by atoms with Gasteiger partial charge < -0.3 is 9.64 Å². The van der Waals surface area contributed by atoms with Crippen molar-refractivity contribution < 1.29 is 13.9 Å². The first-order chi connectivity index (χ1) is 10.7. The highest BCUT2D eigenvalue weighted by Gasteiger charge is 2.33. The highest BCUT2D eigenvalue weighted by atomic mass is 19.1. The van der Waals surface area contributed by atoms with Crippen LogP contribution in [0.3, 0.4) is 0 Å². The average molecular weight is 297 g/mol. The minimum atomic E-state index is -0.583. The zero-order valence-corrected chi connectivity index (χ0v) is 12.1. The van der Waals surface area contributed by atoms with Crippen LogP contribution in [0.4, 0.5) is 4.39 Å². The van der Waals surface area contributed by atoms with E-state index in [1.165, 1.54) is 18.4 Å². The fourth-order valence-corrected chi connectivity index (χ4v) is 2.65. The van der Waals surface area contributed by atoms with Crippen LogP contribution >= 0.6 is 0 Å². The number of nitrogens with zero attached hydrogens (tertiary/aromatic N) is 1. The second-order valence-electron chi connectivity index (χ2n) is 5.21. The van der Waals surface area contributed by atoms with Gasteiger partial charge in [-0.05, 0) is 30.2 Å². The van der Waals surface area contributed by atoms with Gasteiger partial charge in [-0.1, -0.05) is 42.5 Å². The minimum Gasteiger partial charge on any atom is -0.431 e. The Balaban J connectivity index is 1.96. The molecule has 0 bridgehead atoms. The van der Waals surface area contributed by atoms with E-state index in [-0.39, 0.29) is 17.8 Å². The van der Waals surface area contributed by atoms with E-state index in [4.69, 9.17) is 4.74 Å². The van der Waals surface area contributed by atoms with Crippen molar-refractivity contribution >= 4 is 5.97 Å². The number of carbonyl (C=O) groups is 1. The summed E-state index contributed by atoms with van der Waals surface area (Å²) < 4.78 is 18.2. The van der Waals surface area contributed by atoms with Crippen LogP contribution in [-0.2, 0) is 9.53 Å². The molecule has 3 rings (SSSR count). The number of cyclic esters (lactones) is 1. The van der Waals surface area contributed by atoms with E-state index in [9.17, 15) is 9.18 Å². The van der Waals surface area contributed by atoms with Crippen molar-refractivity contribution in [1.82, 2.24) is 4.90 Å².